The van der Waals surface area contributed by atoms with Crippen molar-refractivity contribution in [3.8, 4) is 0 Å². The largest absolute Gasteiger partial charge is 0.407 e. The van der Waals surface area contributed by atoms with Crippen LogP contribution in [0.3, 0.4) is 0 Å². The highest BCUT2D eigenvalue weighted by atomic mass is 16.4. The van der Waals surface area contributed by atoms with E-state index in [0.717, 1.165) is 36.0 Å². The van der Waals surface area contributed by atoms with E-state index < -0.39 is 0 Å². The van der Waals surface area contributed by atoms with Crippen LogP contribution in [0.1, 0.15) is 50.5 Å². The molecule has 4 aliphatic carbocycles. The predicted octanol–water partition coefficient (Wildman–Crippen LogP) is 2.11. The van der Waals surface area contributed by atoms with Gasteiger partial charge in [-0.2, -0.15) is 0 Å². The molecule has 0 aromatic carbocycles. The predicted molar refractivity (Wildman–Crippen MR) is 70.8 cm³/mol. The van der Waals surface area contributed by atoms with Gasteiger partial charge in [0.05, 0.1) is 6.04 Å². The van der Waals surface area contributed by atoms with Gasteiger partial charge in [-0.25, -0.2) is 0 Å². The van der Waals surface area contributed by atoms with E-state index in [2.05, 4.69) is 10.2 Å². The number of hydrogen-bond donors (Lipinski definition) is 2. The average Bonchev–Trinajstić information content (AvgIpc) is 2.79. The third kappa shape index (κ3) is 1.95. The monoisotopic (exact) mass is 262 g/mol. The lowest BCUT2D eigenvalue weighted by Gasteiger charge is -2.55. The van der Waals surface area contributed by atoms with Crippen molar-refractivity contribution in [3.63, 3.8) is 0 Å². The maximum Gasteiger partial charge on any atom is 0.312 e. The first-order valence-corrected chi connectivity index (χ1v) is 7.53. The summed E-state index contributed by atoms with van der Waals surface area (Å²) in [4.78, 5) is 0. The van der Waals surface area contributed by atoms with Gasteiger partial charge < -0.3 is 15.9 Å². The first-order valence-electron chi connectivity index (χ1n) is 7.53. The van der Waals surface area contributed by atoms with E-state index in [1.165, 1.54) is 32.1 Å². The van der Waals surface area contributed by atoms with E-state index in [0.29, 0.717) is 5.89 Å². The third-order valence-corrected chi connectivity index (χ3v) is 5.72. The minimum Gasteiger partial charge on any atom is -0.407 e. The van der Waals surface area contributed by atoms with Gasteiger partial charge in [-0.1, -0.05) is 5.10 Å². The van der Waals surface area contributed by atoms with Crippen molar-refractivity contribution < 1.29 is 4.42 Å². The van der Waals surface area contributed by atoms with Gasteiger partial charge in [0, 0.05) is 0 Å². The van der Waals surface area contributed by atoms with Crippen molar-refractivity contribution in [2.75, 3.05) is 5.73 Å². The molecule has 5 nitrogen and oxygen atoms in total. The second-order valence-electron chi connectivity index (χ2n) is 6.92. The molecule has 0 spiro atoms. The average molecular weight is 262 g/mol. The summed E-state index contributed by atoms with van der Waals surface area (Å²) in [6.07, 6.45) is 8.18. The zero-order valence-electron chi connectivity index (χ0n) is 11.2. The normalized spacial score (nSPS) is 41.6. The van der Waals surface area contributed by atoms with Gasteiger partial charge in [0.25, 0.3) is 0 Å². The second kappa shape index (κ2) is 4.20. The van der Waals surface area contributed by atoms with Crippen LogP contribution in [0.5, 0.6) is 0 Å². The molecule has 4 bridgehead atoms. The van der Waals surface area contributed by atoms with Crippen LogP contribution in [0.25, 0.3) is 0 Å². The molecule has 4 saturated carbocycles. The maximum atomic E-state index is 6.24. The molecule has 0 amide bonds. The molecule has 1 unspecified atom stereocenters. The molecule has 0 aliphatic heterocycles. The maximum absolute atomic E-state index is 6.24. The molecule has 1 heterocycles. The van der Waals surface area contributed by atoms with Crippen LogP contribution in [0, 0.1) is 29.6 Å². The number of hydrogen-bond acceptors (Lipinski definition) is 5. The molecule has 19 heavy (non-hydrogen) atoms. The van der Waals surface area contributed by atoms with Gasteiger partial charge in [-0.05, 0) is 68.1 Å². The Labute approximate surface area is 113 Å². The Kier molecular flexibility index (Phi) is 2.59. The lowest BCUT2D eigenvalue weighted by atomic mass is 9.51. The third-order valence-electron chi connectivity index (χ3n) is 5.72. The van der Waals surface area contributed by atoms with Crippen LogP contribution in [-0.4, -0.2) is 10.2 Å². The van der Waals surface area contributed by atoms with Crippen molar-refractivity contribution in [3.05, 3.63) is 5.89 Å². The molecule has 4 aliphatic rings. The van der Waals surface area contributed by atoms with Crippen LogP contribution in [-0.2, 0) is 0 Å². The van der Waals surface area contributed by atoms with Crippen LogP contribution < -0.4 is 11.5 Å². The number of aromatic nitrogens is 2. The lowest BCUT2D eigenvalue weighted by molar-refractivity contribution is -0.0428. The van der Waals surface area contributed by atoms with Gasteiger partial charge in [0.1, 0.15) is 0 Å². The smallest absolute Gasteiger partial charge is 0.312 e. The number of nitrogen functional groups attached to an aromatic ring is 1. The van der Waals surface area contributed by atoms with Crippen molar-refractivity contribution >= 4 is 6.01 Å². The SMILES string of the molecule is Nc1nnc(C(N)CC2C3CC4CC(C3)CC2C4)o1. The van der Waals surface area contributed by atoms with Crippen molar-refractivity contribution in [1.82, 2.24) is 10.2 Å². The van der Waals surface area contributed by atoms with Gasteiger partial charge >= 0.3 is 6.01 Å². The highest BCUT2D eigenvalue weighted by molar-refractivity contribution is 5.07. The Morgan fingerprint density at radius 3 is 2.21 bits per heavy atom. The van der Waals surface area contributed by atoms with Gasteiger partial charge in [0.2, 0.25) is 5.89 Å². The molecule has 1 aromatic heterocycles. The molecular formula is C14H22N4O. The van der Waals surface area contributed by atoms with E-state index in [-0.39, 0.29) is 12.1 Å². The zero-order chi connectivity index (χ0) is 13.0. The first-order chi connectivity index (χ1) is 9.19. The number of nitrogens with two attached hydrogens (primary N) is 2. The minimum absolute atomic E-state index is 0.121. The van der Waals surface area contributed by atoms with E-state index >= 15 is 0 Å². The van der Waals surface area contributed by atoms with Crippen molar-refractivity contribution in [2.24, 2.45) is 35.3 Å². The standard InChI is InChI=1S/C14H22N4O/c15-12(13-17-18-14(16)19-13)6-11-9-2-7-1-8(4-9)5-10(11)3-7/h7-12H,1-6,15H2,(H2,16,18). The Hall–Kier alpha value is -1.10. The van der Waals surface area contributed by atoms with E-state index in [1.54, 1.807) is 0 Å². The van der Waals surface area contributed by atoms with E-state index in [4.69, 9.17) is 15.9 Å². The Morgan fingerprint density at radius 1 is 1.05 bits per heavy atom. The topological polar surface area (TPSA) is 91.0 Å². The molecule has 1 aromatic rings. The molecule has 5 rings (SSSR count). The molecule has 0 saturated heterocycles. The summed E-state index contributed by atoms with van der Waals surface area (Å²) in [5, 5.41) is 7.64. The summed E-state index contributed by atoms with van der Waals surface area (Å²) in [5.74, 6) is 5.07. The Morgan fingerprint density at radius 2 is 1.68 bits per heavy atom. The van der Waals surface area contributed by atoms with E-state index in [1.807, 2.05) is 0 Å². The first kappa shape index (κ1) is 11.7. The summed E-state index contributed by atoms with van der Waals surface area (Å²) >= 11 is 0. The summed E-state index contributed by atoms with van der Waals surface area (Å²) in [6, 6.07) is -0.0251. The van der Waals surface area contributed by atoms with Crippen LogP contribution in [0.4, 0.5) is 6.01 Å². The Balaban J connectivity index is 1.48. The van der Waals surface area contributed by atoms with Crippen LogP contribution in [0.2, 0.25) is 0 Å². The minimum atomic E-state index is -0.146. The lowest BCUT2D eigenvalue weighted by Crippen LogP contribution is -2.45. The summed E-state index contributed by atoms with van der Waals surface area (Å²) in [7, 11) is 0. The van der Waals surface area contributed by atoms with Gasteiger partial charge in [0.15, 0.2) is 0 Å². The van der Waals surface area contributed by atoms with Gasteiger partial charge in [-0.3, -0.25) is 0 Å². The van der Waals surface area contributed by atoms with Crippen molar-refractivity contribution in [1.29, 1.82) is 0 Å². The second-order valence-corrected chi connectivity index (χ2v) is 6.92. The molecule has 4 fully saturated rings. The quantitative estimate of drug-likeness (QED) is 0.870. The molecule has 4 N–H and O–H groups in total. The Bertz CT molecular complexity index is 444. The molecule has 5 heteroatoms. The fraction of sp³-hybridized carbons (Fsp3) is 0.857. The number of rotatable bonds is 3. The highest BCUT2D eigenvalue weighted by Gasteiger charge is 2.48. The van der Waals surface area contributed by atoms with Crippen LogP contribution >= 0.6 is 0 Å². The summed E-state index contributed by atoms with van der Waals surface area (Å²) in [5.41, 5.74) is 11.7. The summed E-state index contributed by atoms with van der Waals surface area (Å²) in [6.45, 7) is 0. The van der Waals surface area contributed by atoms with E-state index in [9.17, 15) is 0 Å². The fourth-order valence-electron chi connectivity index (χ4n) is 5.21. The summed E-state index contributed by atoms with van der Waals surface area (Å²) < 4.78 is 5.27. The fourth-order valence-corrected chi connectivity index (χ4v) is 5.21. The molecule has 104 valence electrons. The molecule has 0 radical (unpaired) electrons. The number of anilines is 1. The molecular weight excluding hydrogens is 240 g/mol. The molecule has 1 atom stereocenters. The highest BCUT2D eigenvalue weighted by Crippen LogP contribution is 2.58. The number of nitrogens with zero attached hydrogens (tertiary/aromatic N) is 2. The van der Waals surface area contributed by atoms with Crippen LogP contribution in [0.15, 0.2) is 4.42 Å². The van der Waals surface area contributed by atoms with Crippen molar-refractivity contribution in [2.45, 2.75) is 44.6 Å². The van der Waals surface area contributed by atoms with Gasteiger partial charge in [-0.15, -0.1) is 5.10 Å². The zero-order valence-corrected chi connectivity index (χ0v) is 11.2.